The van der Waals surface area contributed by atoms with Gasteiger partial charge < -0.3 is 9.32 Å². The zero-order valence-corrected chi connectivity index (χ0v) is 12.9. The minimum absolute atomic E-state index is 0.159. The van der Waals surface area contributed by atoms with Gasteiger partial charge in [0.1, 0.15) is 5.76 Å². The Kier molecular flexibility index (Phi) is 2.88. The average molecular weight is 281 g/mol. The van der Waals surface area contributed by atoms with Crippen molar-refractivity contribution in [1.29, 1.82) is 0 Å². The van der Waals surface area contributed by atoms with Crippen LogP contribution in [0.5, 0.6) is 0 Å². The zero-order chi connectivity index (χ0) is 14.4. The molecule has 110 valence electrons. The van der Waals surface area contributed by atoms with Crippen molar-refractivity contribution < 1.29 is 4.42 Å². The number of rotatable bonds is 1. The Hall–Kier alpha value is -1.70. The summed E-state index contributed by atoms with van der Waals surface area (Å²) < 4.78 is 5.87. The van der Waals surface area contributed by atoms with Crippen molar-refractivity contribution in [2.75, 3.05) is 4.90 Å². The fourth-order valence-corrected chi connectivity index (χ4v) is 4.57. The molecule has 2 heterocycles. The minimum atomic E-state index is 0.159. The summed E-state index contributed by atoms with van der Waals surface area (Å²) in [4.78, 5) is 2.65. The first-order chi connectivity index (χ1) is 10.2. The van der Waals surface area contributed by atoms with E-state index in [2.05, 4.69) is 49.1 Å². The van der Waals surface area contributed by atoms with Crippen molar-refractivity contribution in [2.24, 2.45) is 0 Å². The molecule has 2 aromatic rings. The van der Waals surface area contributed by atoms with E-state index in [0.29, 0.717) is 6.04 Å². The maximum atomic E-state index is 5.87. The molecule has 0 N–H and O–H groups in total. The Morgan fingerprint density at radius 2 is 1.86 bits per heavy atom. The van der Waals surface area contributed by atoms with E-state index in [9.17, 15) is 0 Å². The Bertz CT molecular complexity index is 651. The quantitative estimate of drug-likeness (QED) is 0.702. The summed E-state index contributed by atoms with van der Waals surface area (Å²) in [5.74, 6) is 1.18. The van der Waals surface area contributed by atoms with E-state index in [0.717, 1.165) is 0 Å². The summed E-state index contributed by atoms with van der Waals surface area (Å²) in [7, 11) is 0. The van der Waals surface area contributed by atoms with Gasteiger partial charge in [-0.05, 0) is 44.4 Å². The number of nitrogens with zero attached hydrogens (tertiary/aromatic N) is 1. The van der Waals surface area contributed by atoms with Crippen molar-refractivity contribution in [1.82, 2.24) is 0 Å². The van der Waals surface area contributed by atoms with E-state index in [4.69, 9.17) is 4.42 Å². The molecule has 0 radical (unpaired) electrons. The van der Waals surface area contributed by atoms with Gasteiger partial charge in [-0.25, -0.2) is 0 Å². The van der Waals surface area contributed by atoms with E-state index in [1.54, 1.807) is 0 Å². The third kappa shape index (κ3) is 1.71. The first-order valence-electron chi connectivity index (χ1n) is 8.17. The molecule has 4 rings (SSSR count). The van der Waals surface area contributed by atoms with Crippen LogP contribution in [0.4, 0.5) is 5.69 Å². The van der Waals surface area contributed by atoms with Crippen LogP contribution in [-0.2, 0) is 5.54 Å². The second-order valence-electron chi connectivity index (χ2n) is 6.62. The normalized spacial score (nSPS) is 23.5. The summed E-state index contributed by atoms with van der Waals surface area (Å²) >= 11 is 0. The van der Waals surface area contributed by atoms with Gasteiger partial charge in [0.05, 0.1) is 17.8 Å². The molecule has 1 aromatic carbocycles. The summed E-state index contributed by atoms with van der Waals surface area (Å²) in [6.07, 6.45) is 8.38. The molecule has 0 saturated heterocycles. The van der Waals surface area contributed by atoms with Crippen molar-refractivity contribution in [2.45, 2.75) is 57.5 Å². The Morgan fingerprint density at radius 3 is 2.62 bits per heavy atom. The molecule has 1 atom stereocenters. The number of furan rings is 1. The highest BCUT2D eigenvalue weighted by Gasteiger charge is 2.51. The van der Waals surface area contributed by atoms with Crippen molar-refractivity contribution >= 4 is 5.69 Å². The molecule has 0 unspecified atom stereocenters. The van der Waals surface area contributed by atoms with Gasteiger partial charge in [0.25, 0.3) is 0 Å². The van der Waals surface area contributed by atoms with Crippen LogP contribution in [0.2, 0.25) is 0 Å². The van der Waals surface area contributed by atoms with E-state index in [-0.39, 0.29) is 5.54 Å². The molecule has 0 amide bonds. The molecular formula is C19H23NO. The predicted octanol–water partition coefficient (Wildman–Crippen LogP) is 5.33. The fraction of sp³-hybridized carbons (Fsp3) is 0.474. The standard InChI is InChI=1S/C19H23NO/c1-14-8-4-5-9-17(14)20-15(2)18-16(10-13-21-18)19(20)11-6-3-7-12-19/h4-5,8-10,13,15H,3,6-7,11-12H2,1-2H3/t15-/m0/s1. The van der Waals surface area contributed by atoms with E-state index in [1.165, 1.54) is 54.7 Å². The van der Waals surface area contributed by atoms with E-state index >= 15 is 0 Å². The lowest BCUT2D eigenvalue weighted by molar-refractivity contribution is 0.282. The molecule has 1 fully saturated rings. The summed E-state index contributed by atoms with van der Waals surface area (Å²) in [6.45, 7) is 4.51. The Balaban J connectivity index is 1.89. The number of para-hydroxylation sites is 1. The molecule has 2 nitrogen and oxygen atoms in total. The second kappa shape index (κ2) is 4.66. The second-order valence-corrected chi connectivity index (χ2v) is 6.62. The maximum absolute atomic E-state index is 5.87. The Labute approximate surface area is 126 Å². The highest BCUT2D eigenvalue weighted by atomic mass is 16.3. The van der Waals surface area contributed by atoms with Gasteiger partial charge in [-0.2, -0.15) is 0 Å². The van der Waals surface area contributed by atoms with Gasteiger partial charge in [-0.1, -0.05) is 37.5 Å². The summed E-state index contributed by atoms with van der Waals surface area (Å²) in [5.41, 5.74) is 4.34. The molecule has 1 aliphatic carbocycles. The molecule has 2 heteroatoms. The fourth-order valence-electron chi connectivity index (χ4n) is 4.57. The molecule has 0 bridgehead atoms. The number of hydrogen-bond acceptors (Lipinski definition) is 2. The number of aryl methyl sites for hydroxylation is 1. The summed E-state index contributed by atoms with van der Waals surface area (Å²) in [5, 5.41) is 0. The first-order valence-corrected chi connectivity index (χ1v) is 8.17. The van der Waals surface area contributed by atoms with Crippen molar-refractivity contribution in [3.05, 3.63) is 53.5 Å². The lowest BCUT2D eigenvalue weighted by atomic mass is 9.77. The molecule has 1 aliphatic heterocycles. The van der Waals surface area contributed by atoms with Crippen molar-refractivity contribution in [3.8, 4) is 0 Å². The topological polar surface area (TPSA) is 16.4 Å². The van der Waals surface area contributed by atoms with Crippen molar-refractivity contribution in [3.63, 3.8) is 0 Å². The van der Waals surface area contributed by atoms with Crippen LogP contribution < -0.4 is 4.90 Å². The molecule has 2 aliphatic rings. The number of hydrogen-bond donors (Lipinski definition) is 0. The largest absolute Gasteiger partial charge is 0.467 e. The minimum Gasteiger partial charge on any atom is -0.467 e. The lowest BCUT2D eigenvalue weighted by Gasteiger charge is -2.45. The van der Waals surface area contributed by atoms with Crippen LogP contribution in [0.15, 0.2) is 41.0 Å². The van der Waals surface area contributed by atoms with Gasteiger partial charge in [0, 0.05) is 11.3 Å². The van der Waals surface area contributed by atoms with Crippen LogP contribution in [0.25, 0.3) is 0 Å². The molecule has 1 spiro atoms. The third-order valence-corrected chi connectivity index (χ3v) is 5.48. The van der Waals surface area contributed by atoms with Gasteiger partial charge in [-0.15, -0.1) is 0 Å². The van der Waals surface area contributed by atoms with Crippen LogP contribution in [-0.4, -0.2) is 0 Å². The molecular weight excluding hydrogens is 258 g/mol. The average Bonchev–Trinajstić information content (AvgIpc) is 3.06. The third-order valence-electron chi connectivity index (χ3n) is 5.48. The number of anilines is 1. The van der Waals surface area contributed by atoms with Gasteiger partial charge in [0.15, 0.2) is 0 Å². The summed E-state index contributed by atoms with van der Waals surface area (Å²) in [6, 6.07) is 11.3. The predicted molar refractivity (Wildman–Crippen MR) is 85.5 cm³/mol. The molecule has 1 saturated carbocycles. The highest BCUT2D eigenvalue weighted by Crippen LogP contribution is 2.55. The number of benzene rings is 1. The van der Waals surface area contributed by atoms with E-state index in [1.807, 2.05) is 6.26 Å². The van der Waals surface area contributed by atoms with Crippen LogP contribution in [0.1, 0.15) is 62.0 Å². The molecule has 21 heavy (non-hydrogen) atoms. The monoisotopic (exact) mass is 281 g/mol. The first kappa shape index (κ1) is 13.0. The van der Waals surface area contributed by atoms with Gasteiger partial charge in [-0.3, -0.25) is 0 Å². The number of fused-ring (bicyclic) bond motifs is 2. The van der Waals surface area contributed by atoms with Crippen LogP contribution in [0, 0.1) is 6.92 Å². The lowest BCUT2D eigenvalue weighted by Crippen LogP contribution is -2.44. The van der Waals surface area contributed by atoms with Gasteiger partial charge in [0.2, 0.25) is 0 Å². The Morgan fingerprint density at radius 1 is 1.10 bits per heavy atom. The van der Waals surface area contributed by atoms with Gasteiger partial charge >= 0.3 is 0 Å². The maximum Gasteiger partial charge on any atom is 0.131 e. The smallest absolute Gasteiger partial charge is 0.131 e. The SMILES string of the molecule is Cc1ccccc1N1[C@@H](C)c2occc2C12CCCCC2. The molecule has 1 aromatic heterocycles. The van der Waals surface area contributed by atoms with Crippen LogP contribution in [0.3, 0.4) is 0 Å². The zero-order valence-electron chi connectivity index (χ0n) is 12.9. The van der Waals surface area contributed by atoms with E-state index < -0.39 is 0 Å². The highest BCUT2D eigenvalue weighted by molar-refractivity contribution is 5.62. The van der Waals surface area contributed by atoms with Crippen LogP contribution >= 0.6 is 0 Å².